The van der Waals surface area contributed by atoms with Crippen LogP contribution in [0.15, 0.2) is 12.4 Å². The van der Waals surface area contributed by atoms with Gasteiger partial charge in [0.05, 0.1) is 17.2 Å². The molecule has 2 aliphatic rings. The summed E-state index contributed by atoms with van der Waals surface area (Å²) in [5, 5.41) is 9.11. The number of alkyl halides is 3. The van der Waals surface area contributed by atoms with Gasteiger partial charge < -0.3 is 15.5 Å². The van der Waals surface area contributed by atoms with Gasteiger partial charge in [-0.05, 0) is 31.2 Å². The van der Waals surface area contributed by atoms with Crippen LogP contribution in [-0.2, 0) is 6.42 Å². The maximum atomic E-state index is 12.8. The summed E-state index contributed by atoms with van der Waals surface area (Å²) < 4.78 is 38.5. The van der Waals surface area contributed by atoms with Crippen LogP contribution in [0.2, 0.25) is 0 Å². The third kappa shape index (κ3) is 6.03. The minimum Gasteiger partial charge on any atom is -0.356 e. The number of nitrogens with zero attached hydrogens (tertiary/aromatic N) is 3. The lowest BCUT2D eigenvalue weighted by Gasteiger charge is -2.34. The average Bonchev–Trinajstić information content (AvgIpc) is 2.90. The molecule has 4 rings (SSSR count). The molecule has 2 N–H and O–H groups in total. The van der Waals surface area contributed by atoms with Crippen molar-refractivity contribution in [2.75, 3.05) is 31.1 Å². The summed E-state index contributed by atoms with van der Waals surface area (Å²) >= 11 is 3.16. The monoisotopic (exact) mass is 473 g/mol. The van der Waals surface area contributed by atoms with E-state index in [1.54, 1.807) is 6.07 Å². The van der Waals surface area contributed by atoms with E-state index >= 15 is 0 Å². The first-order valence-electron chi connectivity index (χ1n) is 11.0. The Morgan fingerprint density at radius 1 is 1.26 bits per heavy atom. The van der Waals surface area contributed by atoms with Crippen LogP contribution < -0.4 is 15.5 Å². The van der Waals surface area contributed by atoms with E-state index < -0.39 is 12.6 Å². The molecule has 0 aromatic carbocycles. The Hall–Kier alpha value is -1.10. The fourth-order valence-corrected chi connectivity index (χ4v) is 6.54. The predicted octanol–water partition coefficient (Wildman–Crippen LogP) is 4.43. The number of halogens is 3. The molecule has 2 atom stereocenters. The van der Waals surface area contributed by atoms with Gasteiger partial charge in [0.15, 0.2) is 0 Å². The standard InChI is InChI=1S/C21H30F3N5S2/c1-13(2)19(31-16-10-25-11-16)28-14-4-3-6-29(7-5-14)18-17-8-15(9-21(22,23)24)30-20(17)27-12-26-18/h8,12-14,16,19,25,28H,3-7,9-11H2,1-2H3/t14?,19-/m1/s1. The van der Waals surface area contributed by atoms with Gasteiger partial charge in [-0.15, -0.1) is 23.1 Å². The van der Waals surface area contributed by atoms with E-state index in [-0.39, 0.29) is 0 Å². The molecule has 0 radical (unpaired) electrons. The Labute approximate surface area is 189 Å². The second-order valence-electron chi connectivity index (χ2n) is 8.78. The number of thioether (sulfide) groups is 1. The molecule has 0 saturated carbocycles. The van der Waals surface area contributed by atoms with E-state index in [1.165, 1.54) is 6.33 Å². The Morgan fingerprint density at radius 3 is 2.74 bits per heavy atom. The zero-order chi connectivity index (χ0) is 22.0. The van der Waals surface area contributed by atoms with Crippen molar-refractivity contribution in [2.24, 2.45) is 5.92 Å². The van der Waals surface area contributed by atoms with Crippen LogP contribution in [0.3, 0.4) is 0 Å². The molecule has 4 heterocycles. The molecule has 2 aromatic rings. The molecule has 0 aliphatic carbocycles. The SMILES string of the molecule is CC(C)[C@H](NC1CCCN(c2ncnc3sc(CC(F)(F)F)cc23)CC1)SC1CNC1. The summed E-state index contributed by atoms with van der Waals surface area (Å²) in [6, 6.07) is 2.07. The number of nitrogens with one attached hydrogen (secondary N) is 2. The van der Waals surface area contributed by atoms with E-state index in [4.69, 9.17) is 0 Å². The molecular weight excluding hydrogens is 443 g/mol. The summed E-state index contributed by atoms with van der Waals surface area (Å²) in [6.07, 6.45) is -0.522. The van der Waals surface area contributed by atoms with Crippen molar-refractivity contribution in [1.29, 1.82) is 0 Å². The molecular formula is C21H30F3N5S2. The van der Waals surface area contributed by atoms with E-state index in [9.17, 15) is 13.2 Å². The van der Waals surface area contributed by atoms with Gasteiger partial charge in [0.1, 0.15) is 17.0 Å². The van der Waals surface area contributed by atoms with Gasteiger partial charge in [-0.1, -0.05) is 13.8 Å². The second-order valence-corrected chi connectivity index (χ2v) is 11.3. The van der Waals surface area contributed by atoms with Crippen LogP contribution in [0, 0.1) is 5.92 Å². The molecule has 0 spiro atoms. The molecule has 2 fully saturated rings. The number of anilines is 1. The molecule has 0 amide bonds. The topological polar surface area (TPSA) is 53.1 Å². The molecule has 10 heteroatoms. The van der Waals surface area contributed by atoms with Crippen molar-refractivity contribution in [3.63, 3.8) is 0 Å². The average molecular weight is 474 g/mol. The predicted molar refractivity (Wildman–Crippen MR) is 123 cm³/mol. The highest BCUT2D eigenvalue weighted by molar-refractivity contribution is 8.00. The fraction of sp³-hybridized carbons (Fsp3) is 0.714. The minimum atomic E-state index is -4.21. The van der Waals surface area contributed by atoms with Gasteiger partial charge in [0.25, 0.3) is 0 Å². The maximum absolute atomic E-state index is 12.8. The summed E-state index contributed by atoms with van der Waals surface area (Å²) in [4.78, 5) is 11.8. The van der Waals surface area contributed by atoms with Crippen molar-refractivity contribution in [1.82, 2.24) is 20.6 Å². The van der Waals surface area contributed by atoms with Crippen molar-refractivity contribution in [3.05, 3.63) is 17.3 Å². The number of hydrogen-bond acceptors (Lipinski definition) is 7. The van der Waals surface area contributed by atoms with E-state index in [2.05, 4.69) is 39.3 Å². The summed E-state index contributed by atoms with van der Waals surface area (Å²) in [5.74, 6) is 1.33. The first-order valence-corrected chi connectivity index (χ1v) is 12.7. The number of rotatable bonds is 7. The van der Waals surface area contributed by atoms with Crippen molar-refractivity contribution < 1.29 is 13.2 Å². The number of thiophene rings is 1. The van der Waals surface area contributed by atoms with Crippen LogP contribution in [0.5, 0.6) is 0 Å². The molecule has 172 valence electrons. The lowest BCUT2D eigenvalue weighted by Crippen LogP contribution is -2.49. The third-order valence-electron chi connectivity index (χ3n) is 5.85. The Balaban J connectivity index is 1.42. The molecule has 1 unspecified atom stereocenters. The second kappa shape index (κ2) is 9.80. The van der Waals surface area contributed by atoms with Crippen molar-refractivity contribution in [2.45, 2.75) is 62.4 Å². The molecule has 5 nitrogen and oxygen atoms in total. The summed E-state index contributed by atoms with van der Waals surface area (Å²) in [6.45, 7) is 8.43. The van der Waals surface area contributed by atoms with E-state index in [0.717, 1.165) is 68.0 Å². The zero-order valence-corrected chi connectivity index (χ0v) is 19.5. The van der Waals surface area contributed by atoms with Crippen LogP contribution in [0.25, 0.3) is 10.2 Å². The van der Waals surface area contributed by atoms with Crippen LogP contribution >= 0.6 is 23.1 Å². The largest absolute Gasteiger partial charge is 0.393 e. The van der Waals surface area contributed by atoms with Gasteiger partial charge >= 0.3 is 6.18 Å². The van der Waals surface area contributed by atoms with E-state index in [1.807, 2.05) is 11.8 Å². The Bertz CT molecular complexity index is 868. The highest BCUT2D eigenvalue weighted by atomic mass is 32.2. The fourth-order valence-electron chi connectivity index (χ4n) is 4.09. The highest BCUT2D eigenvalue weighted by Gasteiger charge is 2.30. The molecule has 31 heavy (non-hydrogen) atoms. The van der Waals surface area contributed by atoms with Gasteiger partial charge in [-0.2, -0.15) is 13.2 Å². The smallest absolute Gasteiger partial charge is 0.356 e. The van der Waals surface area contributed by atoms with Crippen LogP contribution in [-0.4, -0.2) is 59.0 Å². The van der Waals surface area contributed by atoms with Crippen LogP contribution in [0.4, 0.5) is 19.0 Å². The highest BCUT2D eigenvalue weighted by Crippen LogP contribution is 2.34. The molecule has 2 aliphatic heterocycles. The maximum Gasteiger partial charge on any atom is 0.393 e. The zero-order valence-electron chi connectivity index (χ0n) is 17.9. The van der Waals surface area contributed by atoms with Gasteiger partial charge in [-0.25, -0.2) is 9.97 Å². The third-order valence-corrected chi connectivity index (χ3v) is 8.59. The summed E-state index contributed by atoms with van der Waals surface area (Å²) in [5.41, 5.74) is 0. The van der Waals surface area contributed by atoms with Gasteiger partial charge in [-0.3, -0.25) is 0 Å². The molecule has 2 saturated heterocycles. The number of aromatic nitrogens is 2. The number of hydrogen-bond donors (Lipinski definition) is 2. The van der Waals surface area contributed by atoms with Crippen molar-refractivity contribution in [3.8, 4) is 0 Å². The van der Waals surface area contributed by atoms with Crippen molar-refractivity contribution >= 4 is 39.1 Å². The molecule has 2 aromatic heterocycles. The lowest BCUT2D eigenvalue weighted by atomic mass is 10.1. The first-order chi connectivity index (χ1) is 14.8. The normalized spacial score (nSPS) is 22.0. The lowest BCUT2D eigenvalue weighted by molar-refractivity contribution is -0.126. The quantitative estimate of drug-likeness (QED) is 0.581. The van der Waals surface area contributed by atoms with Gasteiger partial charge in [0, 0.05) is 42.3 Å². The summed E-state index contributed by atoms with van der Waals surface area (Å²) in [7, 11) is 0. The van der Waals surface area contributed by atoms with E-state index in [0.29, 0.717) is 32.3 Å². The van der Waals surface area contributed by atoms with Crippen LogP contribution in [0.1, 0.15) is 38.0 Å². The van der Waals surface area contributed by atoms with Gasteiger partial charge in [0.2, 0.25) is 0 Å². The Morgan fingerprint density at radius 2 is 2.06 bits per heavy atom. The number of fused-ring (bicyclic) bond motifs is 1. The first kappa shape index (κ1) is 23.1. The minimum absolute atomic E-state index is 0.292. The Kier molecular flexibility index (Phi) is 7.30. The molecule has 0 bridgehead atoms.